The molecule has 0 aromatic rings. The fourth-order valence-corrected chi connectivity index (χ4v) is 1.76. The maximum Gasteiger partial charge on any atom is 0.246 e. The van der Waals surface area contributed by atoms with Gasteiger partial charge in [-0.3, -0.25) is 9.59 Å². The maximum absolute atomic E-state index is 11.3. The van der Waals surface area contributed by atoms with E-state index >= 15 is 0 Å². The van der Waals surface area contributed by atoms with Crippen molar-refractivity contribution in [1.29, 1.82) is 0 Å². The highest BCUT2D eigenvalue weighted by Crippen LogP contribution is 1.96. The quantitative estimate of drug-likeness (QED) is 0.271. The number of hydrogen-bond donors (Lipinski definition) is 3. The number of hydrogen-bond acceptors (Lipinski definition) is 6. The van der Waals surface area contributed by atoms with Gasteiger partial charge in [0.05, 0.1) is 13.2 Å². The second kappa shape index (κ2) is 16.3. The summed E-state index contributed by atoms with van der Waals surface area (Å²) in [5.74, 6) is -0.127. The summed E-state index contributed by atoms with van der Waals surface area (Å²) >= 11 is 0. The predicted molar refractivity (Wildman–Crippen MR) is 95.9 cm³/mol. The minimum atomic E-state index is -0.440. The van der Waals surface area contributed by atoms with Crippen LogP contribution in [0, 0.1) is 5.92 Å². The van der Waals surface area contributed by atoms with Gasteiger partial charge in [0, 0.05) is 32.2 Å². The van der Waals surface area contributed by atoms with Crippen LogP contribution in [0.4, 0.5) is 0 Å². The summed E-state index contributed by atoms with van der Waals surface area (Å²) in [7, 11) is 0. The van der Waals surface area contributed by atoms with Crippen LogP contribution in [0.25, 0.3) is 0 Å². The topological polar surface area (TPSA) is 112 Å². The molecule has 1 unspecified atom stereocenters. The Balaban J connectivity index is 3.19. The molecule has 8 nitrogen and oxygen atoms in total. The fraction of sp³-hybridized carbons (Fsp3) is 0.882. The molecule has 25 heavy (non-hydrogen) atoms. The highest BCUT2D eigenvalue weighted by Gasteiger charge is 2.04. The lowest BCUT2D eigenvalue weighted by atomic mass is 10.2. The minimum Gasteiger partial charge on any atom is -0.380 e. The van der Waals surface area contributed by atoms with E-state index in [2.05, 4.69) is 10.6 Å². The highest BCUT2D eigenvalue weighted by molar-refractivity contribution is 5.77. The molecule has 0 aliphatic carbocycles. The molecule has 0 aliphatic rings. The molecular formula is C17H35N3O5. The van der Waals surface area contributed by atoms with Crippen molar-refractivity contribution in [2.24, 2.45) is 11.7 Å². The zero-order chi connectivity index (χ0) is 18.9. The molecule has 0 saturated carbocycles. The van der Waals surface area contributed by atoms with Gasteiger partial charge in [-0.2, -0.15) is 0 Å². The molecule has 0 bridgehead atoms. The molecule has 0 heterocycles. The fourth-order valence-electron chi connectivity index (χ4n) is 1.76. The summed E-state index contributed by atoms with van der Waals surface area (Å²) in [5.41, 5.74) is 5.38. The van der Waals surface area contributed by atoms with Crippen molar-refractivity contribution in [2.75, 3.05) is 46.1 Å². The van der Waals surface area contributed by atoms with E-state index < -0.39 is 6.23 Å². The van der Waals surface area contributed by atoms with Crippen LogP contribution in [0.3, 0.4) is 0 Å². The summed E-state index contributed by atoms with van der Waals surface area (Å²) in [5, 5.41) is 5.50. The van der Waals surface area contributed by atoms with Gasteiger partial charge in [0.25, 0.3) is 0 Å². The molecule has 0 aromatic carbocycles. The summed E-state index contributed by atoms with van der Waals surface area (Å²) in [6.45, 7) is 8.77. The minimum absolute atomic E-state index is 0.0105. The molecule has 0 saturated heterocycles. The zero-order valence-corrected chi connectivity index (χ0v) is 15.8. The van der Waals surface area contributed by atoms with Crippen LogP contribution < -0.4 is 16.4 Å². The summed E-state index contributed by atoms with van der Waals surface area (Å²) in [4.78, 5) is 22.6. The van der Waals surface area contributed by atoms with E-state index in [0.29, 0.717) is 39.5 Å². The number of unbranched alkanes of at least 4 members (excludes halogenated alkanes) is 2. The van der Waals surface area contributed by atoms with Crippen LogP contribution in [0.15, 0.2) is 0 Å². The second-order valence-electron chi connectivity index (χ2n) is 6.10. The van der Waals surface area contributed by atoms with Crippen LogP contribution >= 0.6 is 0 Å². The number of carbonyl (C=O) groups excluding carboxylic acids is 2. The zero-order valence-electron chi connectivity index (χ0n) is 15.8. The normalized spacial score (nSPS) is 12.2. The monoisotopic (exact) mass is 361 g/mol. The van der Waals surface area contributed by atoms with Crippen LogP contribution in [-0.4, -0.2) is 64.2 Å². The Morgan fingerprint density at radius 1 is 0.880 bits per heavy atom. The number of ether oxygens (including phenoxy) is 3. The molecule has 0 fully saturated rings. The Hall–Kier alpha value is -1.22. The third-order valence-corrected chi connectivity index (χ3v) is 3.19. The first-order valence-corrected chi connectivity index (χ1v) is 9.00. The largest absolute Gasteiger partial charge is 0.380 e. The third-order valence-electron chi connectivity index (χ3n) is 3.19. The van der Waals surface area contributed by atoms with Gasteiger partial charge >= 0.3 is 0 Å². The Kier molecular flexibility index (Phi) is 15.5. The molecule has 1 atom stereocenters. The van der Waals surface area contributed by atoms with E-state index in [1.165, 1.54) is 0 Å². The van der Waals surface area contributed by atoms with Gasteiger partial charge < -0.3 is 30.6 Å². The summed E-state index contributed by atoms with van der Waals surface area (Å²) < 4.78 is 15.9. The van der Waals surface area contributed by atoms with Gasteiger partial charge in [0.15, 0.2) is 0 Å². The average molecular weight is 361 g/mol. The van der Waals surface area contributed by atoms with Crippen LogP contribution in [0.1, 0.15) is 40.0 Å². The number of amides is 2. The molecule has 8 heteroatoms. The smallest absolute Gasteiger partial charge is 0.246 e. The standard InChI is InChI=1S/C17H35N3O5/c1-14(2)17(22)20-8-12-24-10-6-4-5-9-23-11-7-19-16(21)13-25-15(3)18/h14-15H,4-13,18H2,1-3H3,(H,19,21)(H,20,22). The SMILES string of the molecule is CC(N)OCC(=O)NCCOCCCCCOCCNC(=O)C(C)C. The van der Waals surface area contributed by atoms with E-state index in [4.69, 9.17) is 19.9 Å². The highest BCUT2D eigenvalue weighted by atomic mass is 16.5. The van der Waals surface area contributed by atoms with Crippen molar-refractivity contribution in [3.63, 3.8) is 0 Å². The van der Waals surface area contributed by atoms with Crippen LogP contribution in [0.5, 0.6) is 0 Å². The van der Waals surface area contributed by atoms with Crippen molar-refractivity contribution < 1.29 is 23.8 Å². The molecule has 0 radical (unpaired) electrons. The molecule has 0 spiro atoms. The maximum atomic E-state index is 11.3. The van der Waals surface area contributed by atoms with Crippen LogP contribution in [-0.2, 0) is 23.8 Å². The molecule has 148 valence electrons. The first kappa shape index (κ1) is 23.8. The van der Waals surface area contributed by atoms with Gasteiger partial charge in [-0.1, -0.05) is 13.8 Å². The average Bonchev–Trinajstić information content (AvgIpc) is 2.56. The lowest BCUT2D eigenvalue weighted by Gasteiger charge is -2.09. The van der Waals surface area contributed by atoms with E-state index in [9.17, 15) is 9.59 Å². The number of carbonyl (C=O) groups is 2. The molecule has 0 aromatic heterocycles. The number of nitrogens with one attached hydrogen (secondary N) is 2. The molecule has 4 N–H and O–H groups in total. The Morgan fingerprint density at radius 2 is 1.44 bits per heavy atom. The van der Waals surface area contributed by atoms with E-state index in [1.807, 2.05) is 13.8 Å². The Bertz CT molecular complexity index is 351. The Labute approximate surface area is 151 Å². The Morgan fingerprint density at radius 3 is 1.96 bits per heavy atom. The molecule has 0 aliphatic heterocycles. The third kappa shape index (κ3) is 17.4. The van der Waals surface area contributed by atoms with Gasteiger partial charge in [0.2, 0.25) is 11.8 Å². The molecular weight excluding hydrogens is 326 g/mol. The predicted octanol–water partition coefficient (Wildman–Crippen LogP) is 0.400. The number of nitrogens with two attached hydrogens (primary N) is 1. The molecule has 2 amide bonds. The van der Waals surface area contributed by atoms with Gasteiger partial charge in [-0.15, -0.1) is 0 Å². The van der Waals surface area contributed by atoms with Crippen molar-refractivity contribution >= 4 is 11.8 Å². The first-order valence-electron chi connectivity index (χ1n) is 9.00. The van der Waals surface area contributed by atoms with Crippen molar-refractivity contribution in [3.05, 3.63) is 0 Å². The van der Waals surface area contributed by atoms with E-state index in [1.54, 1.807) is 6.92 Å². The van der Waals surface area contributed by atoms with E-state index in [0.717, 1.165) is 19.3 Å². The lowest BCUT2D eigenvalue weighted by molar-refractivity contribution is -0.127. The van der Waals surface area contributed by atoms with Crippen LogP contribution in [0.2, 0.25) is 0 Å². The van der Waals surface area contributed by atoms with Gasteiger partial charge in [-0.25, -0.2) is 0 Å². The number of rotatable bonds is 16. The van der Waals surface area contributed by atoms with Gasteiger partial charge in [0.1, 0.15) is 12.8 Å². The molecule has 0 rings (SSSR count). The van der Waals surface area contributed by atoms with E-state index in [-0.39, 0.29) is 24.3 Å². The van der Waals surface area contributed by atoms with Crippen molar-refractivity contribution in [3.8, 4) is 0 Å². The lowest BCUT2D eigenvalue weighted by Crippen LogP contribution is -2.33. The van der Waals surface area contributed by atoms with Gasteiger partial charge in [-0.05, 0) is 26.2 Å². The van der Waals surface area contributed by atoms with Crippen molar-refractivity contribution in [2.45, 2.75) is 46.3 Å². The van der Waals surface area contributed by atoms with Crippen molar-refractivity contribution in [1.82, 2.24) is 10.6 Å². The summed E-state index contributed by atoms with van der Waals surface area (Å²) in [6, 6.07) is 0. The first-order chi connectivity index (χ1) is 11.9. The summed E-state index contributed by atoms with van der Waals surface area (Å²) in [6.07, 6.45) is 2.50. The second-order valence-corrected chi connectivity index (χ2v) is 6.10.